The standard InChI is InChI=1S/C14H19NS/c15-10-14(5-2-6-14)13-4-1-3-11(7-13)12-8-16-9-12/h1,3-4,7,12H,2,5-6,8-10,15H2. The van der Waals surface area contributed by atoms with Gasteiger partial charge in [-0.05, 0) is 24.0 Å². The predicted octanol–water partition coefficient (Wildman–Crippen LogP) is 2.90. The molecule has 1 nitrogen and oxygen atoms in total. The SMILES string of the molecule is NCC1(c2cccc(C3CSC3)c2)CCC1. The van der Waals surface area contributed by atoms with E-state index < -0.39 is 0 Å². The lowest BCUT2D eigenvalue weighted by molar-refractivity contribution is 0.253. The fourth-order valence-corrected chi connectivity index (χ4v) is 3.62. The summed E-state index contributed by atoms with van der Waals surface area (Å²) in [4.78, 5) is 0. The van der Waals surface area contributed by atoms with E-state index in [-0.39, 0.29) is 0 Å². The van der Waals surface area contributed by atoms with Gasteiger partial charge in [0.05, 0.1) is 0 Å². The summed E-state index contributed by atoms with van der Waals surface area (Å²) >= 11 is 2.05. The van der Waals surface area contributed by atoms with E-state index in [0.29, 0.717) is 5.41 Å². The monoisotopic (exact) mass is 233 g/mol. The van der Waals surface area contributed by atoms with Gasteiger partial charge in [0.2, 0.25) is 0 Å². The van der Waals surface area contributed by atoms with Crippen molar-refractivity contribution in [3.63, 3.8) is 0 Å². The Morgan fingerprint density at radius 2 is 2.12 bits per heavy atom. The van der Waals surface area contributed by atoms with Crippen molar-refractivity contribution in [2.24, 2.45) is 5.73 Å². The van der Waals surface area contributed by atoms with Crippen molar-refractivity contribution in [2.45, 2.75) is 30.6 Å². The lowest BCUT2D eigenvalue weighted by atomic mass is 9.64. The van der Waals surface area contributed by atoms with Crippen molar-refractivity contribution in [3.8, 4) is 0 Å². The van der Waals surface area contributed by atoms with Crippen molar-refractivity contribution in [1.29, 1.82) is 0 Å². The van der Waals surface area contributed by atoms with Gasteiger partial charge in [0, 0.05) is 29.4 Å². The third kappa shape index (κ3) is 1.59. The molecule has 1 aliphatic carbocycles. The second-order valence-electron chi connectivity index (χ2n) is 5.20. The number of thioether (sulfide) groups is 1. The smallest absolute Gasteiger partial charge is 0.00756 e. The molecule has 2 aliphatic rings. The Labute approximate surface area is 102 Å². The zero-order valence-corrected chi connectivity index (χ0v) is 10.4. The van der Waals surface area contributed by atoms with Gasteiger partial charge in [0.25, 0.3) is 0 Å². The summed E-state index contributed by atoms with van der Waals surface area (Å²) in [6, 6.07) is 9.22. The lowest BCUT2D eigenvalue weighted by Crippen LogP contribution is -2.41. The average Bonchev–Trinajstić information content (AvgIpc) is 2.15. The molecule has 1 saturated heterocycles. The van der Waals surface area contributed by atoms with Crippen LogP contribution in [0.1, 0.15) is 36.3 Å². The minimum atomic E-state index is 0.326. The van der Waals surface area contributed by atoms with Crippen molar-refractivity contribution in [2.75, 3.05) is 18.1 Å². The number of hydrogen-bond acceptors (Lipinski definition) is 2. The molecule has 1 saturated carbocycles. The van der Waals surface area contributed by atoms with Crippen molar-refractivity contribution in [3.05, 3.63) is 35.4 Å². The van der Waals surface area contributed by atoms with E-state index in [4.69, 9.17) is 5.73 Å². The molecule has 0 unspecified atom stereocenters. The topological polar surface area (TPSA) is 26.0 Å². The largest absolute Gasteiger partial charge is 0.330 e. The molecule has 1 aromatic carbocycles. The van der Waals surface area contributed by atoms with Crippen molar-refractivity contribution < 1.29 is 0 Å². The molecule has 0 bridgehead atoms. The van der Waals surface area contributed by atoms with Gasteiger partial charge in [-0.3, -0.25) is 0 Å². The first-order valence-electron chi connectivity index (χ1n) is 6.22. The Morgan fingerprint density at radius 3 is 2.62 bits per heavy atom. The maximum absolute atomic E-state index is 5.97. The second kappa shape index (κ2) is 4.08. The highest BCUT2D eigenvalue weighted by atomic mass is 32.2. The van der Waals surface area contributed by atoms with Gasteiger partial charge >= 0.3 is 0 Å². The summed E-state index contributed by atoms with van der Waals surface area (Å²) in [7, 11) is 0. The first kappa shape index (κ1) is 10.7. The van der Waals surface area contributed by atoms with Gasteiger partial charge in [-0.15, -0.1) is 0 Å². The van der Waals surface area contributed by atoms with Crippen LogP contribution in [0.3, 0.4) is 0 Å². The van der Waals surface area contributed by atoms with Gasteiger partial charge in [-0.2, -0.15) is 11.8 Å². The van der Waals surface area contributed by atoms with E-state index in [9.17, 15) is 0 Å². The average molecular weight is 233 g/mol. The van der Waals surface area contributed by atoms with E-state index in [1.807, 2.05) is 0 Å². The summed E-state index contributed by atoms with van der Waals surface area (Å²) in [5.41, 5.74) is 9.33. The zero-order chi connectivity index (χ0) is 11.0. The summed E-state index contributed by atoms with van der Waals surface area (Å²) in [6.07, 6.45) is 3.92. The fraction of sp³-hybridized carbons (Fsp3) is 0.571. The second-order valence-corrected chi connectivity index (χ2v) is 6.27. The Hall–Kier alpha value is -0.470. The molecule has 16 heavy (non-hydrogen) atoms. The number of nitrogens with two attached hydrogens (primary N) is 1. The van der Waals surface area contributed by atoms with Crippen LogP contribution < -0.4 is 5.73 Å². The molecule has 2 fully saturated rings. The van der Waals surface area contributed by atoms with Crippen LogP contribution in [0.15, 0.2) is 24.3 Å². The molecular weight excluding hydrogens is 214 g/mol. The summed E-state index contributed by atoms with van der Waals surface area (Å²) in [6.45, 7) is 0.815. The first-order chi connectivity index (χ1) is 7.84. The predicted molar refractivity (Wildman–Crippen MR) is 71.1 cm³/mol. The van der Waals surface area contributed by atoms with Crippen LogP contribution in [0.5, 0.6) is 0 Å². The Bertz CT molecular complexity index is 375. The first-order valence-corrected chi connectivity index (χ1v) is 7.38. The van der Waals surface area contributed by atoms with Crippen molar-refractivity contribution in [1.82, 2.24) is 0 Å². The molecule has 86 valence electrons. The van der Waals surface area contributed by atoms with Crippen LogP contribution in [0.2, 0.25) is 0 Å². The molecule has 0 atom stereocenters. The zero-order valence-electron chi connectivity index (χ0n) is 9.61. The Kier molecular flexibility index (Phi) is 2.72. The van der Waals surface area contributed by atoms with Gasteiger partial charge < -0.3 is 5.73 Å². The molecule has 0 radical (unpaired) electrons. The highest BCUT2D eigenvalue weighted by Crippen LogP contribution is 2.44. The number of hydrogen-bond donors (Lipinski definition) is 1. The van der Waals surface area contributed by atoms with Crippen LogP contribution in [0.25, 0.3) is 0 Å². The number of rotatable bonds is 3. The molecular formula is C14H19NS. The molecule has 0 aromatic heterocycles. The minimum absolute atomic E-state index is 0.326. The third-order valence-electron chi connectivity index (χ3n) is 4.31. The number of benzene rings is 1. The van der Waals surface area contributed by atoms with Crippen LogP contribution in [-0.4, -0.2) is 18.1 Å². The van der Waals surface area contributed by atoms with E-state index >= 15 is 0 Å². The van der Waals surface area contributed by atoms with E-state index in [2.05, 4.69) is 36.0 Å². The van der Waals surface area contributed by atoms with Gasteiger partial charge in [-0.25, -0.2) is 0 Å². The summed E-state index contributed by atoms with van der Waals surface area (Å²) in [5.74, 6) is 3.41. The van der Waals surface area contributed by atoms with Crippen LogP contribution in [0.4, 0.5) is 0 Å². The minimum Gasteiger partial charge on any atom is -0.330 e. The summed E-state index contributed by atoms with van der Waals surface area (Å²) in [5, 5.41) is 0. The fourth-order valence-electron chi connectivity index (χ4n) is 2.76. The van der Waals surface area contributed by atoms with Crippen LogP contribution >= 0.6 is 11.8 Å². The van der Waals surface area contributed by atoms with Crippen molar-refractivity contribution >= 4 is 11.8 Å². The van der Waals surface area contributed by atoms with Crippen LogP contribution in [0, 0.1) is 0 Å². The lowest BCUT2D eigenvalue weighted by Gasteiger charge is -2.42. The molecule has 3 rings (SSSR count). The highest BCUT2D eigenvalue weighted by Gasteiger charge is 2.37. The normalized spacial score (nSPS) is 23.6. The van der Waals surface area contributed by atoms with Gasteiger partial charge in [-0.1, -0.05) is 30.7 Å². The molecule has 2 heteroatoms. The van der Waals surface area contributed by atoms with E-state index in [1.165, 1.54) is 41.9 Å². The Balaban J connectivity index is 1.89. The molecule has 1 aliphatic heterocycles. The maximum Gasteiger partial charge on any atom is 0.00756 e. The van der Waals surface area contributed by atoms with Gasteiger partial charge in [0.1, 0.15) is 0 Å². The molecule has 0 amide bonds. The Morgan fingerprint density at radius 1 is 1.31 bits per heavy atom. The van der Waals surface area contributed by atoms with E-state index in [1.54, 1.807) is 0 Å². The molecule has 2 N–H and O–H groups in total. The third-order valence-corrected chi connectivity index (χ3v) is 5.59. The molecule has 1 heterocycles. The van der Waals surface area contributed by atoms with Gasteiger partial charge in [0.15, 0.2) is 0 Å². The maximum atomic E-state index is 5.97. The van der Waals surface area contributed by atoms with Crippen LogP contribution in [-0.2, 0) is 5.41 Å². The summed E-state index contributed by atoms with van der Waals surface area (Å²) < 4.78 is 0. The quantitative estimate of drug-likeness (QED) is 0.868. The molecule has 1 aromatic rings. The van der Waals surface area contributed by atoms with E-state index in [0.717, 1.165) is 12.5 Å². The molecule has 0 spiro atoms. The highest BCUT2D eigenvalue weighted by molar-refractivity contribution is 8.00.